The predicted octanol–water partition coefficient (Wildman–Crippen LogP) is -12.9. The lowest BCUT2D eigenvalue weighted by atomic mass is 10.2. The Morgan fingerprint density at radius 1 is 0.154 bits per heavy atom. The van der Waals surface area contributed by atoms with Gasteiger partial charge in [0.2, 0.25) is 82.7 Å². The van der Waals surface area contributed by atoms with E-state index in [1.54, 1.807) is 7.05 Å². The van der Waals surface area contributed by atoms with Gasteiger partial charge in [0.15, 0.2) is 0 Å². The van der Waals surface area contributed by atoms with Crippen LogP contribution in [0.4, 0.5) is 0 Å². The number of rotatable bonds is 79. The second-order valence-electron chi connectivity index (χ2n) is 27.7. The topological polar surface area (TPSA) is 650 Å². The normalized spacial score (nSPS) is 11.2. The van der Waals surface area contributed by atoms with Gasteiger partial charge in [0.25, 0.3) is 0 Å². The minimum Gasteiger partial charge on any atom is -0.355 e. The predicted molar refractivity (Wildman–Crippen MR) is 448 cm³/mol. The average Bonchev–Trinajstić information content (AvgIpc) is 0.963. The van der Waals surface area contributed by atoms with Crippen LogP contribution >= 0.6 is 0 Å². The van der Waals surface area contributed by atoms with E-state index < -0.39 is 0 Å². The molecule has 0 heterocycles. The monoisotopic (exact) mass is 1670 g/mol. The van der Waals surface area contributed by atoms with Crippen molar-refractivity contribution in [3.05, 3.63) is 0 Å². The third kappa shape index (κ3) is 67.5. The Bertz CT molecular complexity index is 2340. The van der Waals surface area contributed by atoms with Crippen molar-refractivity contribution in [1.82, 2.24) is 114 Å². The van der Waals surface area contributed by atoms with Crippen LogP contribution in [0.15, 0.2) is 0 Å². The summed E-state index contributed by atoms with van der Waals surface area (Å²) in [5.74, 6) is -3.28. The Kier molecular flexibility index (Phi) is 70.2. The molecule has 0 aromatic rings. The molecular weight excluding hydrogens is 1520 g/mol. The van der Waals surface area contributed by atoms with Crippen LogP contribution in [0.25, 0.3) is 0 Å². The fourth-order valence-corrected chi connectivity index (χ4v) is 11.3. The van der Waals surface area contributed by atoms with Crippen molar-refractivity contribution in [3.8, 4) is 0 Å². The third-order valence-electron chi connectivity index (χ3n) is 18.1. The molecular formula is C73H150N30O14. The molecule has 14 amide bonds. The molecule has 0 unspecified atom stereocenters. The second kappa shape index (κ2) is 75.4. The Morgan fingerprint density at radius 3 is 0.342 bits per heavy atom. The fraction of sp³-hybridized carbons (Fsp3) is 0.808. The minimum absolute atomic E-state index is 0.0321. The van der Waals surface area contributed by atoms with E-state index in [1.165, 1.54) is 0 Å². The molecule has 676 valence electrons. The molecule has 117 heavy (non-hydrogen) atoms. The summed E-state index contributed by atoms with van der Waals surface area (Å²) in [7, 11) is 1.79. The van der Waals surface area contributed by atoms with Crippen molar-refractivity contribution < 1.29 is 67.1 Å². The van der Waals surface area contributed by atoms with Crippen LogP contribution in [-0.2, 0) is 67.1 Å². The van der Waals surface area contributed by atoms with Gasteiger partial charge in [-0.25, -0.2) is 0 Å². The largest absolute Gasteiger partial charge is 0.355 e. The zero-order chi connectivity index (χ0) is 86.7. The van der Waals surface area contributed by atoms with Gasteiger partial charge >= 0.3 is 0 Å². The van der Waals surface area contributed by atoms with Crippen LogP contribution in [-0.4, -0.2) is 412 Å². The number of carbonyl (C=O) groups excluding carboxylic acids is 14. The molecule has 44 nitrogen and oxygen atoms in total. The summed E-state index contributed by atoms with van der Waals surface area (Å²) in [5, 5.41) is 42.6. The van der Waals surface area contributed by atoms with E-state index >= 15 is 0 Å². The molecule has 0 aliphatic carbocycles. The maximum atomic E-state index is 13.6. The van der Waals surface area contributed by atoms with Gasteiger partial charge in [0.1, 0.15) is 0 Å². The Hall–Kier alpha value is -8.06. The molecule has 44 heteroatoms. The van der Waals surface area contributed by atoms with Crippen molar-refractivity contribution >= 4 is 82.7 Å². The number of nitrogens with zero attached hydrogens (tertiary/aromatic N) is 7. The zero-order valence-electron chi connectivity index (χ0n) is 70.0. The van der Waals surface area contributed by atoms with Crippen molar-refractivity contribution in [2.75, 3.05) is 295 Å². The number of nitrogens with two attached hydrogens (primary N) is 8. The summed E-state index contributed by atoms with van der Waals surface area (Å²) in [6, 6.07) is 0. The summed E-state index contributed by atoms with van der Waals surface area (Å²) in [6.07, 6.45) is 1.51. The average molecular weight is 1670 g/mol. The van der Waals surface area contributed by atoms with Crippen molar-refractivity contribution in [2.45, 2.75) is 89.9 Å². The molecule has 0 spiro atoms. The molecule has 0 fully saturated rings. The molecule has 0 atom stereocenters. The van der Waals surface area contributed by atoms with E-state index in [2.05, 4.69) is 79.8 Å². The lowest BCUT2D eigenvalue weighted by molar-refractivity contribution is -0.123. The first kappa shape index (κ1) is 109. The van der Waals surface area contributed by atoms with Crippen LogP contribution in [0, 0.1) is 0 Å². The van der Waals surface area contributed by atoms with E-state index in [-0.39, 0.29) is 303 Å². The van der Waals surface area contributed by atoms with Gasteiger partial charge in [-0.2, -0.15) is 0 Å². The van der Waals surface area contributed by atoms with E-state index in [0.29, 0.717) is 157 Å². The minimum atomic E-state index is -0.287. The van der Waals surface area contributed by atoms with Gasteiger partial charge < -0.3 is 160 Å². The molecule has 0 saturated carbocycles. The number of nitrogens with one attached hydrogen (secondary N) is 15. The van der Waals surface area contributed by atoms with Crippen LogP contribution < -0.4 is 126 Å². The molecule has 0 aliphatic rings. The summed E-state index contributed by atoms with van der Waals surface area (Å²) in [6.45, 7) is 13.0. The molecule has 0 aliphatic heterocycles. The van der Waals surface area contributed by atoms with Gasteiger partial charge in [-0.1, -0.05) is 0 Å². The van der Waals surface area contributed by atoms with Crippen LogP contribution in [0.5, 0.6) is 0 Å². The summed E-state index contributed by atoms with van der Waals surface area (Å²) in [4.78, 5) is 194. The number of hydrogen-bond acceptors (Lipinski definition) is 30. The van der Waals surface area contributed by atoms with E-state index in [4.69, 9.17) is 45.9 Å². The summed E-state index contributed by atoms with van der Waals surface area (Å²) < 4.78 is 0. The van der Waals surface area contributed by atoms with Gasteiger partial charge in [0.05, 0.1) is 0 Å². The quantitative estimate of drug-likeness (QED) is 0.0269. The van der Waals surface area contributed by atoms with Gasteiger partial charge in [0, 0.05) is 378 Å². The first-order chi connectivity index (χ1) is 56.5. The highest BCUT2D eigenvalue weighted by molar-refractivity contribution is 5.81. The van der Waals surface area contributed by atoms with Crippen LogP contribution in [0.3, 0.4) is 0 Å². The SMILES string of the molecule is CNCCN(CCC(=O)NCCN(CCC(=O)NCCN(CCC(=O)NCCN)CCC(=O)NCCN)CCC(=O)NCCN(CCC(=O)NCCN)CCC(=O)NCCN)CCC(=O)NCCN(CCC(=O)NCCN(CCC(=O)NCCN)CCC(=O)NCCN)CCC(=O)NCCN(CCC(=O)NCCN)CCC(=O)NCCN. The second-order valence-corrected chi connectivity index (χ2v) is 27.7. The number of amides is 14. The molecule has 0 radical (unpaired) electrons. The molecule has 0 aromatic heterocycles. The first-order valence-electron chi connectivity index (χ1n) is 41.5. The highest BCUT2D eigenvalue weighted by Gasteiger charge is 2.21. The fourth-order valence-electron chi connectivity index (χ4n) is 11.3. The van der Waals surface area contributed by atoms with Crippen LogP contribution in [0.2, 0.25) is 0 Å². The van der Waals surface area contributed by atoms with Crippen molar-refractivity contribution in [1.29, 1.82) is 0 Å². The Labute approximate surface area is 692 Å². The lowest BCUT2D eigenvalue weighted by Gasteiger charge is -2.24. The molecule has 31 N–H and O–H groups in total. The molecule has 0 bridgehead atoms. The molecule has 0 saturated heterocycles. The van der Waals surface area contributed by atoms with E-state index in [9.17, 15) is 67.1 Å². The smallest absolute Gasteiger partial charge is 0.221 e. The van der Waals surface area contributed by atoms with Crippen molar-refractivity contribution in [2.24, 2.45) is 45.9 Å². The standard InChI is InChI=1S/C73H150N30O14/c1-82-32-53-97(39-10-68(112)91-37-58-102(49-12-70(114)93-33-54-98(41-2-60(104)83-24-16-74)42-3-61(105)84-25-17-75)50-13-71(115)94-34-55-99(43-4-62(106)85-26-18-76)44-5-63(107)86-27-19-77)40-11-69(113)92-38-59-103(51-14-72(116)95-35-56-100(45-6-64(108)87-28-20-78)46-7-65(109)88-29-21-79)52-15-73(117)96-36-57-101(47-8-66(110)89-30-22-80)48-9-67(111)90-31-23-81/h82H,2-59,74-81H2,1H3,(H,83,104)(H,84,105)(H,85,106)(H,86,107)(H,87,108)(H,88,109)(H,89,110)(H,90,111)(H,91,112)(H,92,113)(H,93,114)(H,94,115)(H,95,116)(H,96,117). The highest BCUT2D eigenvalue weighted by Crippen LogP contribution is 2.04. The number of hydrogen-bond donors (Lipinski definition) is 23. The third-order valence-corrected chi connectivity index (χ3v) is 18.1. The van der Waals surface area contributed by atoms with Gasteiger partial charge in [-0.05, 0) is 7.05 Å². The summed E-state index contributed by atoms with van der Waals surface area (Å²) >= 11 is 0. The maximum absolute atomic E-state index is 13.6. The Balaban J connectivity index is 6.30. The zero-order valence-corrected chi connectivity index (χ0v) is 70.0. The van der Waals surface area contributed by atoms with E-state index in [0.717, 1.165) is 0 Å². The molecule has 0 aromatic carbocycles. The van der Waals surface area contributed by atoms with E-state index in [1.807, 2.05) is 34.3 Å². The maximum Gasteiger partial charge on any atom is 0.221 e. The van der Waals surface area contributed by atoms with Crippen molar-refractivity contribution in [3.63, 3.8) is 0 Å². The van der Waals surface area contributed by atoms with Gasteiger partial charge in [-0.15, -0.1) is 0 Å². The van der Waals surface area contributed by atoms with Crippen LogP contribution in [0.1, 0.15) is 89.9 Å². The Morgan fingerprint density at radius 2 is 0.248 bits per heavy atom. The summed E-state index contributed by atoms with van der Waals surface area (Å²) in [5.41, 5.74) is 44.4. The molecule has 0 rings (SSSR count). The number of likely N-dealkylation sites (N-methyl/N-ethyl adjacent to an activating group) is 1. The first-order valence-corrected chi connectivity index (χ1v) is 41.5. The number of carbonyl (C=O) groups is 14. The van der Waals surface area contributed by atoms with Gasteiger partial charge in [-0.3, -0.25) is 67.1 Å². The lowest BCUT2D eigenvalue weighted by Crippen LogP contribution is -2.42. The highest BCUT2D eigenvalue weighted by atomic mass is 16.2.